The zero-order valence-corrected chi connectivity index (χ0v) is 7.09. The number of rotatable bonds is 3. The van der Waals surface area contributed by atoms with E-state index in [0.717, 1.165) is 5.92 Å². The van der Waals surface area contributed by atoms with Gasteiger partial charge in [-0.3, -0.25) is 0 Å². The predicted octanol–water partition coefficient (Wildman–Crippen LogP) is 2.46. The average Bonchev–Trinajstić information content (AvgIpc) is 2.68. The minimum atomic E-state index is 0.993. The molecule has 0 aliphatic heterocycles. The molecular formula is C10H15N. The predicted molar refractivity (Wildman–Crippen MR) is 46.5 cm³/mol. The van der Waals surface area contributed by atoms with Gasteiger partial charge in [-0.2, -0.15) is 0 Å². The fourth-order valence-corrected chi connectivity index (χ4v) is 1.53. The van der Waals surface area contributed by atoms with Crippen molar-refractivity contribution in [2.45, 2.75) is 32.7 Å². The minimum absolute atomic E-state index is 0.993. The molecule has 1 heteroatoms. The van der Waals surface area contributed by atoms with E-state index >= 15 is 0 Å². The van der Waals surface area contributed by atoms with Crippen LogP contribution in [-0.2, 0) is 13.0 Å². The summed E-state index contributed by atoms with van der Waals surface area (Å²) < 4.78 is 2.40. The highest BCUT2D eigenvalue weighted by Crippen LogP contribution is 2.31. The first-order chi connectivity index (χ1) is 5.40. The summed E-state index contributed by atoms with van der Waals surface area (Å²) in [7, 11) is 0. The van der Waals surface area contributed by atoms with Gasteiger partial charge in [-0.25, -0.2) is 0 Å². The van der Waals surface area contributed by atoms with Gasteiger partial charge in [-0.05, 0) is 37.3 Å². The largest absolute Gasteiger partial charge is 0.351 e. The molecule has 1 nitrogen and oxygen atoms in total. The summed E-state index contributed by atoms with van der Waals surface area (Å²) in [6, 6.07) is 4.38. The molecule has 60 valence electrons. The van der Waals surface area contributed by atoms with Crippen molar-refractivity contribution in [1.29, 1.82) is 0 Å². The van der Waals surface area contributed by atoms with Crippen LogP contribution in [0, 0.1) is 5.92 Å². The first-order valence-electron chi connectivity index (χ1n) is 4.54. The Morgan fingerprint density at radius 1 is 1.55 bits per heavy atom. The van der Waals surface area contributed by atoms with E-state index in [1.54, 1.807) is 0 Å². The zero-order chi connectivity index (χ0) is 7.68. The number of hydrogen-bond acceptors (Lipinski definition) is 0. The first kappa shape index (κ1) is 6.96. The quantitative estimate of drug-likeness (QED) is 0.622. The summed E-state index contributed by atoms with van der Waals surface area (Å²) in [6.07, 6.45) is 6.26. The SMILES string of the molecule is CCc1cccn1CC1CC1. The Morgan fingerprint density at radius 3 is 3.00 bits per heavy atom. The van der Waals surface area contributed by atoms with Gasteiger partial charge in [0.25, 0.3) is 0 Å². The molecule has 2 rings (SSSR count). The van der Waals surface area contributed by atoms with Crippen LogP contribution in [0.15, 0.2) is 18.3 Å². The summed E-state index contributed by atoms with van der Waals surface area (Å²) in [5.74, 6) is 0.993. The van der Waals surface area contributed by atoms with E-state index < -0.39 is 0 Å². The topological polar surface area (TPSA) is 4.93 Å². The third-order valence-corrected chi connectivity index (χ3v) is 2.44. The molecular weight excluding hydrogens is 134 g/mol. The van der Waals surface area contributed by atoms with Crippen molar-refractivity contribution in [2.24, 2.45) is 5.92 Å². The molecule has 1 aromatic heterocycles. The molecule has 1 aliphatic rings. The van der Waals surface area contributed by atoms with E-state index in [9.17, 15) is 0 Å². The second-order valence-corrected chi connectivity index (χ2v) is 3.45. The molecule has 0 aromatic carbocycles. The molecule has 0 amide bonds. The van der Waals surface area contributed by atoms with Crippen molar-refractivity contribution in [3.63, 3.8) is 0 Å². The van der Waals surface area contributed by atoms with Gasteiger partial charge in [-0.15, -0.1) is 0 Å². The maximum Gasteiger partial charge on any atom is 0.0250 e. The molecule has 0 atom stereocenters. The van der Waals surface area contributed by atoms with Crippen LogP contribution >= 0.6 is 0 Å². The maximum absolute atomic E-state index is 2.40. The lowest BCUT2D eigenvalue weighted by atomic mass is 10.3. The Balaban J connectivity index is 2.07. The maximum atomic E-state index is 2.40. The summed E-state index contributed by atoms with van der Waals surface area (Å²) in [4.78, 5) is 0. The Morgan fingerprint density at radius 2 is 2.36 bits per heavy atom. The number of hydrogen-bond donors (Lipinski definition) is 0. The van der Waals surface area contributed by atoms with Crippen LogP contribution in [0.25, 0.3) is 0 Å². The number of aromatic nitrogens is 1. The van der Waals surface area contributed by atoms with Crippen LogP contribution in [0.1, 0.15) is 25.5 Å². The molecule has 0 bridgehead atoms. The lowest BCUT2D eigenvalue weighted by Gasteiger charge is -2.05. The monoisotopic (exact) mass is 149 g/mol. The van der Waals surface area contributed by atoms with Crippen molar-refractivity contribution in [2.75, 3.05) is 0 Å². The molecule has 0 unspecified atom stereocenters. The van der Waals surface area contributed by atoms with Crippen LogP contribution < -0.4 is 0 Å². The summed E-state index contributed by atoms with van der Waals surface area (Å²) in [5, 5.41) is 0. The second-order valence-electron chi connectivity index (χ2n) is 3.45. The van der Waals surface area contributed by atoms with Gasteiger partial charge in [0.05, 0.1) is 0 Å². The zero-order valence-electron chi connectivity index (χ0n) is 7.09. The lowest BCUT2D eigenvalue weighted by molar-refractivity contribution is 0.607. The fraction of sp³-hybridized carbons (Fsp3) is 0.600. The van der Waals surface area contributed by atoms with Crippen molar-refractivity contribution < 1.29 is 0 Å². The van der Waals surface area contributed by atoms with Gasteiger partial charge in [0, 0.05) is 18.4 Å². The van der Waals surface area contributed by atoms with E-state index in [-0.39, 0.29) is 0 Å². The average molecular weight is 149 g/mol. The van der Waals surface area contributed by atoms with Gasteiger partial charge < -0.3 is 4.57 Å². The number of aryl methyl sites for hydroxylation is 1. The summed E-state index contributed by atoms with van der Waals surface area (Å²) >= 11 is 0. The van der Waals surface area contributed by atoms with Gasteiger partial charge in [0.15, 0.2) is 0 Å². The van der Waals surface area contributed by atoms with E-state index in [4.69, 9.17) is 0 Å². The molecule has 0 spiro atoms. The number of nitrogens with zero attached hydrogens (tertiary/aromatic N) is 1. The molecule has 1 aromatic rings. The van der Waals surface area contributed by atoms with Crippen molar-refractivity contribution >= 4 is 0 Å². The molecule has 1 aliphatic carbocycles. The van der Waals surface area contributed by atoms with E-state index in [1.807, 2.05) is 0 Å². The summed E-state index contributed by atoms with van der Waals surface area (Å²) in [6.45, 7) is 3.48. The van der Waals surface area contributed by atoms with Crippen molar-refractivity contribution in [1.82, 2.24) is 4.57 Å². The normalized spacial score (nSPS) is 17.2. The minimum Gasteiger partial charge on any atom is -0.351 e. The van der Waals surface area contributed by atoms with Crippen molar-refractivity contribution in [3.05, 3.63) is 24.0 Å². The molecule has 0 N–H and O–H groups in total. The van der Waals surface area contributed by atoms with E-state index in [2.05, 4.69) is 29.8 Å². The van der Waals surface area contributed by atoms with E-state index in [1.165, 1.54) is 31.5 Å². The van der Waals surface area contributed by atoms with Crippen LogP contribution in [0.5, 0.6) is 0 Å². The molecule has 11 heavy (non-hydrogen) atoms. The van der Waals surface area contributed by atoms with Crippen LogP contribution in [0.2, 0.25) is 0 Å². The van der Waals surface area contributed by atoms with Crippen molar-refractivity contribution in [3.8, 4) is 0 Å². The van der Waals surface area contributed by atoms with Crippen LogP contribution in [0.4, 0.5) is 0 Å². The van der Waals surface area contributed by atoms with Gasteiger partial charge in [-0.1, -0.05) is 6.92 Å². The summed E-state index contributed by atoms with van der Waals surface area (Å²) in [5.41, 5.74) is 1.48. The smallest absolute Gasteiger partial charge is 0.0250 e. The molecule has 0 radical (unpaired) electrons. The fourth-order valence-electron chi connectivity index (χ4n) is 1.53. The molecule has 0 saturated heterocycles. The Hall–Kier alpha value is -0.720. The second kappa shape index (κ2) is 2.72. The highest BCUT2D eigenvalue weighted by Gasteiger charge is 2.21. The van der Waals surface area contributed by atoms with Gasteiger partial charge in [0.1, 0.15) is 0 Å². The standard InChI is InChI=1S/C10H15N/c1-2-10-4-3-7-11(10)8-9-5-6-9/h3-4,7,9H,2,5-6,8H2,1H3. The van der Waals surface area contributed by atoms with Crippen LogP contribution in [-0.4, -0.2) is 4.57 Å². The van der Waals surface area contributed by atoms with E-state index in [0.29, 0.717) is 0 Å². The Kier molecular flexibility index (Phi) is 1.72. The lowest BCUT2D eigenvalue weighted by Crippen LogP contribution is -2.01. The Labute approximate surface area is 68.0 Å². The van der Waals surface area contributed by atoms with Gasteiger partial charge in [0.2, 0.25) is 0 Å². The highest BCUT2D eigenvalue weighted by atomic mass is 15.0. The Bertz CT molecular complexity index is 233. The first-order valence-corrected chi connectivity index (χ1v) is 4.54. The third kappa shape index (κ3) is 1.47. The highest BCUT2D eigenvalue weighted by molar-refractivity contribution is 5.07. The molecule has 1 saturated carbocycles. The van der Waals surface area contributed by atoms with Gasteiger partial charge >= 0.3 is 0 Å². The molecule has 1 heterocycles. The van der Waals surface area contributed by atoms with Crippen LogP contribution in [0.3, 0.4) is 0 Å². The third-order valence-electron chi connectivity index (χ3n) is 2.44. The molecule has 1 fully saturated rings.